The summed E-state index contributed by atoms with van der Waals surface area (Å²) < 4.78 is 0. The monoisotopic (exact) mass is 148 g/mol. The van der Waals surface area contributed by atoms with E-state index in [4.69, 9.17) is 5.73 Å². The number of nitrogens with zero attached hydrogens (tertiary/aromatic N) is 2. The van der Waals surface area contributed by atoms with Crippen LogP contribution >= 0.6 is 0 Å². The van der Waals surface area contributed by atoms with Gasteiger partial charge in [-0.05, 0) is 13.0 Å². The van der Waals surface area contributed by atoms with E-state index in [1.807, 2.05) is 13.0 Å². The Morgan fingerprint density at radius 3 is 3.18 bits per heavy atom. The first-order valence-corrected chi connectivity index (χ1v) is 3.33. The fourth-order valence-electron chi connectivity index (χ4n) is 0.976. The molecule has 4 nitrogen and oxygen atoms in total. The van der Waals surface area contributed by atoms with Gasteiger partial charge in [-0.25, -0.2) is 9.97 Å². The first-order chi connectivity index (χ1) is 5.27. The summed E-state index contributed by atoms with van der Waals surface area (Å²) in [6.45, 7) is 1.86. The number of aromatic amines is 1. The zero-order valence-electron chi connectivity index (χ0n) is 6.13. The van der Waals surface area contributed by atoms with Crippen molar-refractivity contribution in [2.45, 2.75) is 6.92 Å². The summed E-state index contributed by atoms with van der Waals surface area (Å²) >= 11 is 0. The zero-order chi connectivity index (χ0) is 7.84. The average Bonchev–Trinajstić information content (AvgIpc) is 2.36. The van der Waals surface area contributed by atoms with E-state index in [9.17, 15) is 0 Å². The van der Waals surface area contributed by atoms with Gasteiger partial charge in [0.2, 0.25) is 0 Å². The fraction of sp³-hybridized carbons (Fsp3) is 0.143. The second-order valence-electron chi connectivity index (χ2n) is 2.44. The molecule has 3 N–H and O–H groups in total. The molecule has 0 aliphatic rings. The number of aryl methyl sites for hydroxylation is 1. The molecule has 11 heavy (non-hydrogen) atoms. The van der Waals surface area contributed by atoms with Crippen molar-refractivity contribution in [2.24, 2.45) is 0 Å². The standard InChI is InChI=1S/C7H8N4/c1-4-5(8)2-6-7(11-4)10-3-9-6/h2-3H,8H2,1H3,(H,9,10,11). The molecule has 0 bridgehead atoms. The van der Waals surface area contributed by atoms with Crippen LogP contribution in [0.5, 0.6) is 0 Å². The number of nitrogen functional groups attached to an aromatic ring is 1. The van der Waals surface area contributed by atoms with Gasteiger partial charge in [0.25, 0.3) is 0 Å². The van der Waals surface area contributed by atoms with Gasteiger partial charge in [-0.15, -0.1) is 0 Å². The van der Waals surface area contributed by atoms with Crippen LogP contribution in [-0.2, 0) is 0 Å². The lowest BCUT2D eigenvalue weighted by Crippen LogP contribution is -1.92. The van der Waals surface area contributed by atoms with Crippen molar-refractivity contribution in [3.63, 3.8) is 0 Å². The molecule has 0 unspecified atom stereocenters. The number of hydrogen-bond donors (Lipinski definition) is 2. The Hall–Kier alpha value is -1.58. The normalized spacial score (nSPS) is 10.6. The summed E-state index contributed by atoms with van der Waals surface area (Å²) in [6.07, 6.45) is 1.61. The molecule has 4 heteroatoms. The molecule has 56 valence electrons. The van der Waals surface area contributed by atoms with Gasteiger partial charge in [0, 0.05) is 0 Å². The van der Waals surface area contributed by atoms with Gasteiger partial charge in [-0.3, -0.25) is 0 Å². The van der Waals surface area contributed by atoms with Crippen molar-refractivity contribution in [3.8, 4) is 0 Å². The van der Waals surface area contributed by atoms with E-state index in [1.165, 1.54) is 0 Å². The third-order valence-corrected chi connectivity index (χ3v) is 1.64. The number of nitrogens with one attached hydrogen (secondary N) is 1. The van der Waals surface area contributed by atoms with Crippen LogP contribution in [0, 0.1) is 6.92 Å². The van der Waals surface area contributed by atoms with Gasteiger partial charge in [0.1, 0.15) is 0 Å². The molecule has 0 aliphatic carbocycles. The number of pyridine rings is 1. The smallest absolute Gasteiger partial charge is 0.177 e. The molecular weight excluding hydrogens is 140 g/mol. The lowest BCUT2D eigenvalue weighted by molar-refractivity contribution is 1.22. The molecule has 0 radical (unpaired) electrons. The number of aromatic nitrogens is 3. The largest absolute Gasteiger partial charge is 0.397 e. The van der Waals surface area contributed by atoms with Crippen molar-refractivity contribution in [3.05, 3.63) is 18.1 Å². The SMILES string of the molecule is Cc1nc2nc[nH]c2cc1N. The Balaban J connectivity index is 2.86. The number of fused-ring (bicyclic) bond motifs is 1. The number of nitrogens with two attached hydrogens (primary N) is 1. The fourth-order valence-corrected chi connectivity index (χ4v) is 0.976. The third-order valence-electron chi connectivity index (χ3n) is 1.64. The Morgan fingerprint density at radius 2 is 2.36 bits per heavy atom. The highest BCUT2D eigenvalue weighted by Gasteiger charge is 2.00. The maximum atomic E-state index is 5.63. The highest BCUT2D eigenvalue weighted by Crippen LogP contribution is 2.13. The summed E-state index contributed by atoms with van der Waals surface area (Å²) in [5.74, 6) is 0. The lowest BCUT2D eigenvalue weighted by Gasteiger charge is -1.96. The highest BCUT2D eigenvalue weighted by molar-refractivity contribution is 5.74. The Labute approximate surface area is 63.5 Å². The predicted octanol–water partition coefficient (Wildman–Crippen LogP) is 0.849. The van der Waals surface area contributed by atoms with Crippen LogP contribution in [0.3, 0.4) is 0 Å². The minimum Gasteiger partial charge on any atom is -0.397 e. The zero-order valence-corrected chi connectivity index (χ0v) is 6.13. The van der Waals surface area contributed by atoms with E-state index in [1.54, 1.807) is 6.33 Å². The van der Waals surface area contributed by atoms with Crippen LogP contribution in [0.1, 0.15) is 5.69 Å². The summed E-state index contributed by atoms with van der Waals surface area (Å²) in [5.41, 5.74) is 8.76. The molecule has 0 amide bonds. The maximum absolute atomic E-state index is 5.63. The van der Waals surface area contributed by atoms with E-state index >= 15 is 0 Å². The Morgan fingerprint density at radius 1 is 1.55 bits per heavy atom. The summed E-state index contributed by atoms with van der Waals surface area (Å²) in [6, 6.07) is 1.84. The molecule has 0 fully saturated rings. The van der Waals surface area contributed by atoms with E-state index in [2.05, 4.69) is 15.0 Å². The molecule has 2 heterocycles. The van der Waals surface area contributed by atoms with Gasteiger partial charge in [0.05, 0.1) is 23.2 Å². The quantitative estimate of drug-likeness (QED) is 0.582. The second kappa shape index (κ2) is 1.95. The van der Waals surface area contributed by atoms with Crippen molar-refractivity contribution < 1.29 is 0 Å². The van der Waals surface area contributed by atoms with Gasteiger partial charge in [-0.2, -0.15) is 0 Å². The second-order valence-corrected chi connectivity index (χ2v) is 2.44. The third kappa shape index (κ3) is 0.832. The molecule has 0 saturated heterocycles. The van der Waals surface area contributed by atoms with E-state index in [-0.39, 0.29) is 0 Å². The van der Waals surface area contributed by atoms with Crippen molar-refractivity contribution in [2.75, 3.05) is 5.73 Å². The van der Waals surface area contributed by atoms with E-state index < -0.39 is 0 Å². The van der Waals surface area contributed by atoms with Gasteiger partial charge < -0.3 is 10.7 Å². The molecule has 0 atom stereocenters. The molecular formula is C7H8N4. The van der Waals surface area contributed by atoms with Gasteiger partial charge in [0.15, 0.2) is 5.65 Å². The predicted molar refractivity (Wildman–Crippen MR) is 43.0 cm³/mol. The molecule has 2 aromatic rings. The summed E-state index contributed by atoms with van der Waals surface area (Å²) in [7, 11) is 0. The van der Waals surface area contributed by atoms with Crippen molar-refractivity contribution >= 4 is 16.9 Å². The molecule has 0 aliphatic heterocycles. The van der Waals surface area contributed by atoms with Crippen LogP contribution in [0.15, 0.2) is 12.4 Å². The first kappa shape index (κ1) is 6.15. The van der Waals surface area contributed by atoms with Crippen LogP contribution < -0.4 is 5.73 Å². The van der Waals surface area contributed by atoms with Crippen molar-refractivity contribution in [1.82, 2.24) is 15.0 Å². The number of hydrogen-bond acceptors (Lipinski definition) is 3. The van der Waals surface area contributed by atoms with Gasteiger partial charge >= 0.3 is 0 Å². The maximum Gasteiger partial charge on any atom is 0.177 e. The van der Waals surface area contributed by atoms with E-state index in [0.29, 0.717) is 5.69 Å². The number of H-pyrrole nitrogens is 1. The summed E-state index contributed by atoms with van der Waals surface area (Å²) in [4.78, 5) is 11.1. The molecule has 0 aromatic carbocycles. The minimum atomic E-state index is 0.696. The average molecular weight is 148 g/mol. The molecule has 2 aromatic heterocycles. The van der Waals surface area contributed by atoms with Crippen LogP contribution in [0.4, 0.5) is 5.69 Å². The molecule has 2 rings (SSSR count). The minimum absolute atomic E-state index is 0.696. The van der Waals surface area contributed by atoms with Crippen LogP contribution in [0.2, 0.25) is 0 Å². The first-order valence-electron chi connectivity index (χ1n) is 3.33. The van der Waals surface area contributed by atoms with Crippen LogP contribution in [-0.4, -0.2) is 15.0 Å². The number of rotatable bonds is 0. The van der Waals surface area contributed by atoms with Crippen molar-refractivity contribution in [1.29, 1.82) is 0 Å². The topological polar surface area (TPSA) is 67.6 Å². The Bertz CT molecular complexity index is 354. The van der Waals surface area contributed by atoms with Gasteiger partial charge in [-0.1, -0.05) is 0 Å². The molecule has 0 saturated carbocycles. The summed E-state index contributed by atoms with van der Waals surface area (Å²) in [5, 5.41) is 0. The molecule has 0 spiro atoms. The highest BCUT2D eigenvalue weighted by atomic mass is 15.0. The van der Waals surface area contributed by atoms with E-state index in [0.717, 1.165) is 16.9 Å². The lowest BCUT2D eigenvalue weighted by atomic mass is 10.3. The van der Waals surface area contributed by atoms with Crippen LogP contribution in [0.25, 0.3) is 11.2 Å². The number of imidazole rings is 1. The Kier molecular flexibility index (Phi) is 1.09. The number of anilines is 1.